The van der Waals surface area contributed by atoms with Gasteiger partial charge in [-0.15, -0.1) is 0 Å². The van der Waals surface area contributed by atoms with E-state index in [1.165, 1.54) is 5.56 Å². The molecule has 0 atom stereocenters. The summed E-state index contributed by atoms with van der Waals surface area (Å²) < 4.78 is 32.2. The molecular formula is C15H22N2O3S. The Bertz CT molecular complexity index is 607. The minimum Gasteiger partial charge on any atom is -0.384 e. The maximum Gasteiger partial charge on any atom is 0.243 e. The van der Waals surface area contributed by atoms with Gasteiger partial charge < -0.3 is 10.1 Å². The number of anilines is 1. The van der Waals surface area contributed by atoms with Crippen molar-refractivity contribution < 1.29 is 13.2 Å². The van der Waals surface area contributed by atoms with Gasteiger partial charge in [-0.05, 0) is 42.9 Å². The molecule has 0 saturated carbocycles. The molecular weight excluding hydrogens is 288 g/mol. The minimum atomic E-state index is -3.37. The molecule has 0 amide bonds. The summed E-state index contributed by atoms with van der Waals surface area (Å²) in [6.07, 6.45) is 2.71. The molecule has 1 N–H and O–H groups in total. The highest BCUT2D eigenvalue weighted by Gasteiger charge is 2.30. The first-order chi connectivity index (χ1) is 10.1. The van der Waals surface area contributed by atoms with Crippen LogP contribution in [0.25, 0.3) is 0 Å². The molecule has 21 heavy (non-hydrogen) atoms. The van der Waals surface area contributed by atoms with Crippen molar-refractivity contribution >= 4 is 15.7 Å². The molecule has 2 aliphatic rings. The van der Waals surface area contributed by atoms with E-state index in [4.69, 9.17) is 4.74 Å². The number of methoxy groups -OCH3 is 1. The monoisotopic (exact) mass is 310 g/mol. The fourth-order valence-electron chi connectivity index (χ4n) is 3.13. The molecule has 0 unspecified atom stereocenters. The highest BCUT2D eigenvalue weighted by molar-refractivity contribution is 7.89. The Morgan fingerprint density at radius 3 is 2.81 bits per heavy atom. The Morgan fingerprint density at radius 1 is 1.33 bits per heavy atom. The summed E-state index contributed by atoms with van der Waals surface area (Å²) in [5, 5.41) is 3.24. The van der Waals surface area contributed by atoms with Crippen molar-refractivity contribution in [3.63, 3.8) is 0 Å². The summed E-state index contributed by atoms with van der Waals surface area (Å²) in [7, 11) is -1.67. The van der Waals surface area contributed by atoms with Gasteiger partial charge in [-0.3, -0.25) is 0 Å². The van der Waals surface area contributed by atoms with Crippen molar-refractivity contribution in [2.24, 2.45) is 5.92 Å². The van der Waals surface area contributed by atoms with Crippen LogP contribution >= 0.6 is 0 Å². The summed E-state index contributed by atoms with van der Waals surface area (Å²) in [5.74, 6) is 0.475. The van der Waals surface area contributed by atoms with Gasteiger partial charge >= 0.3 is 0 Å². The maximum absolute atomic E-state index is 12.7. The number of fused-ring (bicyclic) bond motifs is 1. The molecule has 2 aliphatic heterocycles. The molecule has 1 saturated heterocycles. The van der Waals surface area contributed by atoms with Crippen molar-refractivity contribution in [3.8, 4) is 0 Å². The number of ether oxygens (including phenoxy) is 1. The number of hydrogen-bond acceptors (Lipinski definition) is 4. The SMILES string of the molecule is COCC1CCN(S(=O)(=O)c2ccc3c(c2)NCC3)CC1. The third-order valence-corrected chi connectivity index (χ3v) is 6.30. The second-order valence-electron chi connectivity index (χ2n) is 5.80. The predicted octanol–water partition coefficient (Wildman–Crippen LogP) is 1.70. The Balaban J connectivity index is 1.75. The van der Waals surface area contributed by atoms with E-state index < -0.39 is 10.0 Å². The lowest BCUT2D eigenvalue weighted by Crippen LogP contribution is -2.39. The van der Waals surface area contributed by atoms with Crippen molar-refractivity contribution in [1.29, 1.82) is 0 Å². The average molecular weight is 310 g/mol. The van der Waals surface area contributed by atoms with Crippen LogP contribution in [0.15, 0.2) is 23.1 Å². The zero-order valence-corrected chi connectivity index (χ0v) is 13.2. The molecule has 1 aromatic rings. The van der Waals surface area contributed by atoms with Gasteiger partial charge in [0.25, 0.3) is 0 Å². The molecule has 1 fully saturated rings. The molecule has 0 bridgehead atoms. The van der Waals surface area contributed by atoms with Crippen molar-refractivity contribution in [1.82, 2.24) is 4.31 Å². The van der Waals surface area contributed by atoms with Crippen LogP contribution in [0, 0.1) is 5.92 Å². The number of piperidine rings is 1. The van der Waals surface area contributed by atoms with Gasteiger partial charge in [0.1, 0.15) is 0 Å². The van der Waals surface area contributed by atoms with Crippen LogP contribution in [0.1, 0.15) is 18.4 Å². The van der Waals surface area contributed by atoms with E-state index in [0.717, 1.165) is 38.1 Å². The maximum atomic E-state index is 12.7. The Morgan fingerprint density at radius 2 is 2.10 bits per heavy atom. The fraction of sp³-hybridized carbons (Fsp3) is 0.600. The number of sulfonamides is 1. The third-order valence-electron chi connectivity index (χ3n) is 4.40. The van der Waals surface area contributed by atoms with Crippen molar-refractivity contribution in [3.05, 3.63) is 23.8 Å². The van der Waals surface area contributed by atoms with E-state index in [0.29, 0.717) is 23.9 Å². The second-order valence-corrected chi connectivity index (χ2v) is 7.74. The quantitative estimate of drug-likeness (QED) is 0.919. The summed E-state index contributed by atoms with van der Waals surface area (Å²) in [6.45, 7) is 2.78. The van der Waals surface area contributed by atoms with Crippen molar-refractivity contribution in [2.45, 2.75) is 24.2 Å². The van der Waals surface area contributed by atoms with Crippen LogP contribution < -0.4 is 5.32 Å². The number of rotatable bonds is 4. The number of nitrogens with zero attached hydrogens (tertiary/aromatic N) is 1. The first kappa shape index (κ1) is 14.8. The van der Waals surface area contributed by atoms with Gasteiger partial charge in [0.2, 0.25) is 10.0 Å². The lowest BCUT2D eigenvalue weighted by Gasteiger charge is -2.30. The van der Waals surface area contributed by atoms with Crippen LogP contribution in [0.3, 0.4) is 0 Å². The van der Waals surface area contributed by atoms with E-state index in [2.05, 4.69) is 5.32 Å². The molecule has 3 rings (SSSR count). The second kappa shape index (κ2) is 5.94. The number of benzene rings is 1. The van der Waals surface area contributed by atoms with E-state index >= 15 is 0 Å². The number of nitrogens with one attached hydrogen (secondary N) is 1. The van der Waals surface area contributed by atoms with Crippen LogP contribution in [-0.4, -0.2) is 46.1 Å². The first-order valence-corrected chi connectivity index (χ1v) is 8.91. The van der Waals surface area contributed by atoms with Gasteiger partial charge in [-0.25, -0.2) is 8.42 Å². The Labute approximate surface area is 126 Å². The molecule has 116 valence electrons. The fourth-order valence-corrected chi connectivity index (χ4v) is 4.63. The van der Waals surface area contributed by atoms with E-state index in [-0.39, 0.29) is 0 Å². The molecule has 0 radical (unpaired) electrons. The van der Waals surface area contributed by atoms with Gasteiger partial charge in [0, 0.05) is 39.0 Å². The molecule has 0 spiro atoms. The van der Waals surface area contributed by atoms with Crippen LogP contribution in [0.4, 0.5) is 5.69 Å². The van der Waals surface area contributed by atoms with E-state index in [1.54, 1.807) is 23.5 Å². The highest BCUT2D eigenvalue weighted by atomic mass is 32.2. The topological polar surface area (TPSA) is 58.6 Å². The molecule has 0 aliphatic carbocycles. The van der Waals surface area contributed by atoms with Gasteiger partial charge in [0.15, 0.2) is 0 Å². The standard InChI is InChI=1S/C15H22N2O3S/c1-20-11-12-5-8-17(9-6-12)21(18,19)14-3-2-13-4-7-16-15(13)10-14/h2-3,10,12,16H,4-9,11H2,1H3. The predicted molar refractivity (Wildman–Crippen MR) is 82.0 cm³/mol. The number of hydrogen-bond donors (Lipinski definition) is 1. The lowest BCUT2D eigenvalue weighted by molar-refractivity contribution is 0.121. The zero-order chi connectivity index (χ0) is 14.9. The van der Waals surface area contributed by atoms with Gasteiger partial charge in [0.05, 0.1) is 4.90 Å². The average Bonchev–Trinajstić information content (AvgIpc) is 2.95. The minimum absolute atomic E-state index is 0.404. The van der Waals surface area contributed by atoms with Gasteiger partial charge in [-0.2, -0.15) is 4.31 Å². The lowest BCUT2D eigenvalue weighted by atomic mass is 9.99. The van der Waals surface area contributed by atoms with Crippen molar-refractivity contribution in [2.75, 3.05) is 38.7 Å². The molecule has 2 heterocycles. The molecule has 0 aromatic heterocycles. The zero-order valence-electron chi connectivity index (χ0n) is 12.3. The van der Waals surface area contributed by atoms with Gasteiger partial charge in [-0.1, -0.05) is 6.07 Å². The molecule has 1 aromatic carbocycles. The van der Waals surface area contributed by atoms with Crippen LogP contribution in [0.5, 0.6) is 0 Å². The van der Waals surface area contributed by atoms with E-state index in [9.17, 15) is 8.42 Å². The van der Waals surface area contributed by atoms with Crippen LogP contribution in [0.2, 0.25) is 0 Å². The largest absolute Gasteiger partial charge is 0.384 e. The Hall–Kier alpha value is -1.11. The smallest absolute Gasteiger partial charge is 0.243 e. The summed E-state index contributed by atoms with van der Waals surface area (Å²) in [6, 6.07) is 5.45. The van der Waals surface area contributed by atoms with E-state index in [1.807, 2.05) is 6.07 Å². The Kier molecular flexibility index (Phi) is 4.19. The van der Waals surface area contributed by atoms with Crippen LogP contribution in [-0.2, 0) is 21.2 Å². The third kappa shape index (κ3) is 2.93. The normalized spacial score (nSPS) is 20.2. The highest BCUT2D eigenvalue weighted by Crippen LogP contribution is 2.29. The first-order valence-electron chi connectivity index (χ1n) is 7.47. The summed E-state index contributed by atoms with van der Waals surface area (Å²) in [4.78, 5) is 0.404. The summed E-state index contributed by atoms with van der Waals surface area (Å²) in [5.41, 5.74) is 2.16. The molecule has 5 nitrogen and oxygen atoms in total. The molecule has 6 heteroatoms. The summed E-state index contributed by atoms with van der Waals surface area (Å²) >= 11 is 0.